The second-order valence-corrected chi connectivity index (χ2v) is 4.61. The van der Waals surface area contributed by atoms with Crippen molar-refractivity contribution in [1.82, 2.24) is 0 Å². The quantitative estimate of drug-likeness (QED) is 0.666. The van der Waals surface area contributed by atoms with Gasteiger partial charge >= 0.3 is 0 Å². The van der Waals surface area contributed by atoms with Crippen LogP contribution in [0.4, 0.5) is 0 Å². The molecule has 1 heterocycles. The summed E-state index contributed by atoms with van der Waals surface area (Å²) < 4.78 is 15.9. The average molecular weight is 222 g/mol. The molecule has 1 unspecified atom stereocenters. The van der Waals surface area contributed by atoms with Crippen LogP contribution in [0.5, 0.6) is 0 Å². The second-order valence-electron chi connectivity index (χ2n) is 3.72. The Morgan fingerprint density at radius 1 is 1.36 bits per heavy atom. The van der Waals surface area contributed by atoms with E-state index in [1.54, 1.807) is 14.0 Å². The lowest BCUT2D eigenvalue weighted by molar-refractivity contribution is -0.237. The molecule has 1 aliphatic rings. The van der Waals surface area contributed by atoms with Crippen molar-refractivity contribution in [3.8, 4) is 0 Å². The van der Waals surface area contributed by atoms with Crippen LogP contribution in [0.2, 0.25) is 0 Å². The van der Waals surface area contributed by atoms with Crippen LogP contribution < -0.4 is 0 Å². The number of ether oxygens (including phenoxy) is 3. The summed E-state index contributed by atoms with van der Waals surface area (Å²) in [6.07, 6.45) is -1.80. The molecule has 0 bridgehead atoms. The molecule has 0 amide bonds. The molecule has 1 aliphatic heterocycles. The minimum absolute atomic E-state index is 0.205. The molecule has 4 nitrogen and oxygen atoms in total. The minimum Gasteiger partial charge on any atom is -0.387 e. The predicted octanol–water partition coefficient (Wildman–Crippen LogP) is 0.442. The summed E-state index contributed by atoms with van der Waals surface area (Å²) >= 11 is 4.33. The lowest BCUT2D eigenvalue weighted by Crippen LogP contribution is -2.61. The van der Waals surface area contributed by atoms with Gasteiger partial charge in [0.25, 0.3) is 0 Å². The minimum atomic E-state index is -0.789. The first-order valence-electron chi connectivity index (χ1n) is 4.58. The van der Waals surface area contributed by atoms with E-state index in [9.17, 15) is 5.11 Å². The predicted molar refractivity (Wildman–Crippen MR) is 55.5 cm³/mol. The molecule has 84 valence electrons. The number of rotatable bonds is 2. The maximum atomic E-state index is 9.96. The molecule has 5 heteroatoms. The van der Waals surface area contributed by atoms with Crippen molar-refractivity contribution >= 4 is 12.6 Å². The van der Waals surface area contributed by atoms with E-state index < -0.39 is 17.1 Å². The molecule has 0 aliphatic carbocycles. The molecule has 0 aromatic carbocycles. The zero-order chi connectivity index (χ0) is 10.9. The van der Waals surface area contributed by atoms with Crippen molar-refractivity contribution in [3.63, 3.8) is 0 Å². The number of methoxy groups -OCH3 is 2. The molecule has 1 rings (SSSR count). The SMILES string of the molecule is COC1[C@@H](O)[C@@H](OC)[C@H](C)O[C@@]1(C)S. The third kappa shape index (κ3) is 2.06. The van der Waals surface area contributed by atoms with Gasteiger partial charge in [-0.1, -0.05) is 0 Å². The van der Waals surface area contributed by atoms with Crippen LogP contribution in [-0.2, 0) is 14.2 Å². The molecule has 14 heavy (non-hydrogen) atoms. The van der Waals surface area contributed by atoms with Gasteiger partial charge < -0.3 is 19.3 Å². The highest BCUT2D eigenvalue weighted by Crippen LogP contribution is 2.35. The summed E-state index contributed by atoms with van der Waals surface area (Å²) in [5.74, 6) is 0. The topological polar surface area (TPSA) is 47.9 Å². The van der Waals surface area contributed by atoms with Crippen molar-refractivity contribution in [2.75, 3.05) is 14.2 Å². The summed E-state index contributed by atoms with van der Waals surface area (Å²) in [6.45, 7) is 3.62. The van der Waals surface area contributed by atoms with Gasteiger partial charge in [-0.15, -0.1) is 12.6 Å². The van der Waals surface area contributed by atoms with Gasteiger partial charge in [-0.05, 0) is 13.8 Å². The molecule has 0 radical (unpaired) electrons. The van der Waals surface area contributed by atoms with E-state index >= 15 is 0 Å². The summed E-state index contributed by atoms with van der Waals surface area (Å²) in [4.78, 5) is -0.789. The Balaban J connectivity index is 2.84. The molecular weight excluding hydrogens is 204 g/mol. The van der Waals surface area contributed by atoms with E-state index in [4.69, 9.17) is 14.2 Å². The fourth-order valence-corrected chi connectivity index (χ4v) is 2.39. The molecule has 1 N–H and O–H groups in total. The zero-order valence-electron chi connectivity index (χ0n) is 8.93. The number of hydrogen-bond donors (Lipinski definition) is 2. The Hall–Kier alpha value is 0.190. The molecule has 0 aromatic rings. The monoisotopic (exact) mass is 222 g/mol. The van der Waals surface area contributed by atoms with Gasteiger partial charge in [-0.25, -0.2) is 0 Å². The first kappa shape index (κ1) is 12.3. The average Bonchev–Trinajstić information content (AvgIpc) is 2.02. The Bertz CT molecular complexity index is 197. The molecular formula is C9H18O4S. The van der Waals surface area contributed by atoms with Crippen LogP contribution in [0.15, 0.2) is 0 Å². The maximum absolute atomic E-state index is 9.96. The molecule has 0 aromatic heterocycles. The number of hydrogen-bond acceptors (Lipinski definition) is 5. The smallest absolute Gasteiger partial charge is 0.137 e. The van der Waals surface area contributed by atoms with Crippen molar-refractivity contribution in [2.45, 2.75) is 43.2 Å². The molecule has 1 fully saturated rings. The van der Waals surface area contributed by atoms with Crippen LogP contribution in [0.3, 0.4) is 0 Å². The molecule has 1 saturated heterocycles. The summed E-state index contributed by atoms with van der Waals surface area (Å²) in [6, 6.07) is 0. The maximum Gasteiger partial charge on any atom is 0.137 e. The lowest BCUT2D eigenvalue weighted by Gasteiger charge is -2.46. The van der Waals surface area contributed by atoms with E-state index in [1.807, 2.05) is 6.92 Å². The van der Waals surface area contributed by atoms with Gasteiger partial charge in [-0.2, -0.15) is 0 Å². The van der Waals surface area contributed by atoms with E-state index in [0.29, 0.717) is 0 Å². The van der Waals surface area contributed by atoms with Gasteiger partial charge in [-0.3, -0.25) is 0 Å². The van der Waals surface area contributed by atoms with Gasteiger partial charge in [0.15, 0.2) is 0 Å². The highest BCUT2D eigenvalue weighted by atomic mass is 32.1. The Morgan fingerprint density at radius 3 is 2.36 bits per heavy atom. The van der Waals surface area contributed by atoms with Crippen molar-refractivity contribution < 1.29 is 19.3 Å². The highest BCUT2D eigenvalue weighted by Gasteiger charge is 2.49. The highest BCUT2D eigenvalue weighted by molar-refractivity contribution is 7.81. The largest absolute Gasteiger partial charge is 0.387 e. The molecule has 0 saturated carbocycles. The summed E-state index contributed by atoms with van der Waals surface area (Å²) in [7, 11) is 3.07. The van der Waals surface area contributed by atoms with Gasteiger partial charge in [0.2, 0.25) is 0 Å². The fraction of sp³-hybridized carbons (Fsp3) is 1.00. The van der Waals surface area contributed by atoms with Crippen molar-refractivity contribution in [2.24, 2.45) is 0 Å². The molecule has 5 atom stereocenters. The van der Waals surface area contributed by atoms with Gasteiger partial charge in [0, 0.05) is 14.2 Å². The van der Waals surface area contributed by atoms with Gasteiger partial charge in [0.05, 0.1) is 6.10 Å². The summed E-state index contributed by atoms with van der Waals surface area (Å²) in [5, 5.41) is 9.96. The Kier molecular flexibility index (Phi) is 3.82. The second kappa shape index (κ2) is 4.37. The summed E-state index contributed by atoms with van der Waals surface area (Å²) in [5.41, 5.74) is 0. The van der Waals surface area contributed by atoms with Crippen LogP contribution in [-0.4, -0.2) is 48.7 Å². The first-order chi connectivity index (χ1) is 6.44. The number of aliphatic hydroxyl groups excluding tert-OH is 1. The van der Waals surface area contributed by atoms with Gasteiger partial charge in [0.1, 0.15) is 23.2 Å². The van der Waals surface area contributed by atoms with Crippen LogP contribution >= 0.6 is 12.6 Å². The third-order valence-corrected chi connectivity index (χ3v) is 2.95. The number of thiol groups is 1. The van der Waals surface area contributed by atoms with E-state index in [1.165, 1.54) is 7.11 Å². The van der Waals surface area contributed by atoms with Crippen LogP contribution in [0.1, 0.15) is 13.8 Å². The standard InChI is InChI=1S/C9H18O4S/c1-5-7(11-3)6(10)8(12-4)9(2,14)13-5/h5-8,10,14H,1-4H3/t5-,6-,7-,8?,9-/m0/s1. The van der Waals surface area contributed by atoms with E-state index in [-0.39, 0.29) is 12.2 Å². The zero-order valence-corrected chi connectivity index (χ0v) is 9.82. The Labute approximate surface area is 89.9 Å². The lowest BCUT2D eigenvalue weighted by atomic mass is 9.95. The van der Waals surface area contributed by atoms with Crippen molar-refractivity contribution in [1.29, 1.82) is 0 Å². The normalized spacial score (nSPS) is 49.3. The Morgan fingerprint density at radius 2 is 1.93 bits per heavy atom. The van der Waals surface area contributed by atoms with E-state index in [2.05, 4.69) is 12.6 Å². The van der Waals surface area contributed by atoms with Crippen molar-refractivity contribution in [3.05, 3.63) is 0 Å². The van der Waals surface area contributed by atoms with Crippen LogP contribution in [0, 0.1) is 0 Å². The fourth-order valence-electron chi connectivity index (χ4n) is 1.97. The van der Waals surface area contributed by atoms with Crippen LogP contribution in [0.25, 0.3) is 0 Å². The molecule has 0 spiro atoms. The van der Waals surface area contributed by atoms with E-state index in [0.717, 1.165) is 0 Å². The number of aliphatic hydroxyl groups is 1. The first-order valence-corrected chi connectivity index (χ1v) is 5.02. The third-order valence-electron chi connectivity index (χ3n) is 2.59.